The van der Waals surface area contributed by atoms with E-state index in [1.165, 1.54) is 42.4 Å². The van der Waals surface area contributed by atoms with Gasteiger partial charge in [-0.2, -0.15) is 0 Å². The van der Waals surface area contributed by atoms with Crippen LogP contribution in [0.3, 0.4) is 0 Å². The molecule has 2 fully saturated rings. The molecule has 27 heavy (non-hydrogen) atoms. The lowest BCUT2D eigenvalue weighted by Gasteiger charge is -2.33. The molecule has 0 spiro atoms. The van der Waals surface area contributed by atoms with Crippen molar-refractivity contribution in [3.8, 4) is 0 Å². The molecule has 0 radical (unpaired) electrons. The van der Waals surface area contributed by atoms with Crippen LogP contribution in [0, 0.1) is 12.8 Å². The summed E-state index contributed by atoms with van der Waals surface area (Å²) in [6.45, 7) is 2.14. The van der Waals surface area contributed by atoms with Crippen molar-refractivity contribution in [2.24, 2.45) is 5.92 Å². The van der Waals surface area contributed by atoms with Gasteiger partial charge in [0.1, 0.15) is 0 Å². The SMILES string of the molecule is Cc1ccc(C2CCC([C@H](O)c3c(C4CC4)ccn4cncc34)CC2)cc1. The van der Waals surface area contributed by atoms with Gasteiger partial charge in [0.2, 0.25) is 0 Å². The van der Waals surface area contributed by atoms with E-state index in [9.17, 15) is 5.11 Å². The molecule has 1 atom stereocenters. The summed E-state index contributed by atoms with van der Waals surface area (Å²) in [5, 5.41) is 11.4. The topological polar surface area (TPSA) is 37.5 Å². The monoisotopic (exact) mass is 360 g/mol. The highest BCUT2D eigenvalue weighted by Gasteiger charge is 2.34. The minimum atomic E-state index is -0.375. The summed E-state index contributed by atoms with van der Waals surface area (Å²) in [5.74, 6) is 1.63. The number of aliphatic hydroxyl groups excluding tert-OH is 1. The Balaban J connectivity index is 1.37. The summed E-state index contributed by atoms with van der Waals surface area (Å²) in [6.07, 6.45) is 12.5. The number of aryl methyl sites for hydroxylation is 1. The van der Waals surface area contributed by atoms with Gasteiger partial charge in [-0.15, -0.1) is 0 Å². The normalized spacial score (nSPS) is 24.2. The summed E-state index contributed by atoms with van der Waals surface area (Å²) in [7, 11) is 0. The first-order valence-corrected chi connectivity index (χ1v) is 10.4. The molecule has 2 heterocycles. The van der Waals surface area contributed by atoms with Gasteiger partial charge in [-0.05, 0) is 80.4 Å². The molecule has 140 valence electrons. The third kappa shape index (κ3) is 3.19. The van der Waals surface area contributed by atoms with Gasteiger partial charge in [-0.1, -0.05) is 29.8 Å². The molecule has 0 amide bonds. The lowest BCUT2D eigenvalue weighted by molar-refractivity contribution is 0.0810. The molecule has 3 aromatic rings. The Hall–Kier alpha value is -2.13. The van der Waals surface area contributed by atoms with Crippen LogP contribution in [0.2, 0.25) is 0 Å². The van der Waals surface area contributed by atoms with E-state index in [-0.39, 0.29) is 6.10 Å². The standard InChI is InChI=1S/C24H28N2O/c1-16-2-4-17(5-3-16)18-6-10-20(11-7-18)24(27)23-21(19-8-9-19)12-13-26-15-25-14-22(23)26/h2-5,12-15,18-20,24,27H,6-11H2,1H3/t18?,20?,24-/m0/s1. The fourth-order valence-corrected chi connectivity index (χ4v) is 4.95. The van der Waals surface area contributed by atoms with Crippen LogP contribution in [-0.4, -0.2) is 14.5 Å². The third-order valence-electron chi connectivity index (χ3n) is 6.75. The molecule has 2 saturated carbocycles. The highest BCUT2D eigenvalue weighted by Crippen LogP contribution is 2.47. The van der Waals surface area contributed by atoms with Crippen molar-refractivity contribution in [1.29, 1.82) is 0 Å². The van der Waals surface area contributed by atoms with Crippen LogP contribution in [0.15, 0.2) is 49.1 Å². The largest absolute Gasteiger partial charge is 0.388 e. The summed E-state index contributed by atoms with van der Waals surface area (Å²) in [5.41, 5.74) is 6.38. The fraction of sp³-hybridized carbons (Fsp3) is 0.458. The van der Waals surface area contributed by atoms with Crippen LogP contribution in [-0.2, 0) is 0 Å². The van der Waals surface area contributed by atoms with Crippen LogP contribution in [0.1, 0.15) is 78.7 Å². The van der Waals surface area contributed by atoms with E-state index < -0.39 is 0 Å². The van der Waals surface area contributed by atoms with Crippen molar-refractivity contribution in [2.45, 2.75) is 63.4 Å². The highest BCUT2D eigenvalue weighted by molar-refractivity contribution is 5.59. The molecular weight excluding hydrogens is 332 g/mol. The second-order valence-electron chi connectivity index (χ2n) is 8.61. The average molecular weight is 361 g/mol. The first-order chi connectivity index (χ1) is 13.2. The van der Waals surface area contributed by atoms with E-state index >= 15 is 0 Å². The molecule has 5 rings (SSSR count). The lowest BCUT2D eigenvalue weighted by atomic mass is 9.75. The maximum Gasteiger partial charge on any atom is 0.0992 e. The maximum absolute atomic E-state index is 11.4. The lowest BCUT2D eigenvalue weighted by Crippen LogP contribution is -2.21. The molecule has 2 aliphatic rings. The molecule has 0 unspecified atom stereocenters. The fourth-order valence-electron chi connectivity index (χ4n) is 4.95. The Kier molecular flexibility index (Phi) is 4.28. The number of rotatable bonds is 4. The molecule has 2 aliphatic carbocycles. The van der Waals surface area contributed by atoms with Gasteiger partial charge >= 0.3 is 0 Å². The van der Waals surface area contributed by atoms with Gasteiger partial charge in [-0.3, -0.25) is 0 Å². The summed E-state index contributed by atoms with van der Waals surface area (Å²) in [6, 6.07) is 11.2. The van der Waals surface area contributed by atoms with Gasteiger partial charge < -0.3 is 9.51 Å². The Labute approximate surface area is 161 Å². The van der Waals surface area contributed by atoms with Crippen LogP contribution in [0.5, 0.6) is 0 Å². The van der Waals surface area contributed by atoms with Gasteiger partial charge in [-0.25, -0.2) is 4.98 Å². The van der Waals surface area contributed by atoms with Crippen molar-refractivity contribution < 1.29 is 5.11 Å². The summed E-state index contributed by atoms with van der Waals surface area (Å²) in [4.78, 5) is 4.32. The van der Waals surface area contributed by atoms with E-state index in [2.05, 4.69) is 52.8 Å². The molecule has 1 aromatic carbocycles. The predicted molar refractivity (Wildman–Crippen MR) is 108 cm³/mol. The van der Waals surface area contributed by atoms with E-state index in [0.717, 1.165) is 23.9 Å². The summed E-state index contributed by atoms with van der Waals surface area (Å²) < 4.78 is 2.06. The molecule has 0 aliphatic heterocycles. The zero-order valence-corrected chi connectivity index (χ0v) is 16.0. The molecule has 0 bridgehead atoms. The van der Waals surface area contributed by atoms with Gasteiger partial charge in [0.25, 0.3) is 0 Å². The predicted octanol–water partition coefficient (Wildman–Crippen LogP) is 5.53. The minimum Gasteiger partial charge on any atom is -0.388 e. The van der Waals surface area contributed by atoms with Crippen molar-refractivity contribution in [2.75, 3.05) is 0 Å². The Morgan fingerprint density at radius 3 is 2.37 bits per heavy atom. The number of aliphatic hydroxyl groups is 1. The van der Waals surface area contributed by atoms with E-state index in [0.29, 0.717) is 17.8 Å². The van der Waals surface area contributed by atoms with E-state index in [1.54, 1.807) is 0 Å². The smallest absolute Gasteiger partial charge is 0.0992 e. The van der Waals surface area contributed by atoms with Crippen LogP contribution in [0.4, 0.5) is 0 Å². The minimum absolute atomic E-state index is 0.352. The number of hydrogen-bond donors (Lipinski definition) is 1. The zero-order chi connectivity index (χ0) is 18.4. The van der Waals surface area contributed by atoms with Crippen molar-refractivity contribution in [1.82, 2.24) is 9.38 Å². The third-order valence-corrected chi connectivity index (χ3v) is 6.75. The quantitative estimate of drug-likeness (QED) is 0.664. The Bertz CT molecular complexity index is 931. The number of pyridine rings is 1. The Morgan fingerprint density at radius 2 is 1.67 bits per heavy atom. The van der Waals surface area contributed by atoms with Gasteiger partial charge in [0, 0.05) is 11.8 Å². The van der Waals surface area contributed by atoms with Crippen LogP contribution < -0.4 is 0 Å². The van der Waals surface area contributed by atoms with E-state index in [4.69, 9.17) is 0 Å². The molecule has 0 saturated heterocycles. The van der Waals surface area contributed by atoms with Crippen molar-refractivity contribution >= 4 is 5.52 Å². The zero-order valence-electron chi connectivity index (χ0n) is 16.0. The number of imidazole rings is 1. The van der Waals surface area contributed by atoms with Crippen LogP contribution in [0.25, 0.3) is 5.52 Å². The van der Waals surface area contributed by atoms with Crippen molar-refractivity contribution in [3.63, 3.8) is 0 Å². The second-order valence-corrected chi connectivity index (χ2v) is 8.61. The summed E-state index contributed by atoms with van der Waals surface area (Å²) >= 11 is 0. The molecule has 3 heteroatoms. The van der Waals surface area contributed by atoms with Gasteiger partial charge in [0.05, 0.1) is 24.1 Å². The van der Waals surface area contributed by atoms with E-state index in [1.807, 2.05) is 12.5 Å². The average Bonchev–Trinajstić information content (AvgIpc) is 3.44. The molecule has 3 nitrogen and oxygen atoms in total. The van der Waals surface area contributed by atoms with Crippen molar-refractivity contribution in [3.05, 3.63) is 71.3 Å². The number of fused-ring (bicyclic) bond motifs is 1. The first kappa shape index (κ1) is 17.0. The number of nitrogens with zero attached hydrogens (tertiary/aromatic N) is 2. The number of benzene rings is 1. The first-order valence-electron chi connectivity index (χ1n) is 10.4. The van der Waals surface area contributed by atoms with Gasteiger partial charge in [0.15, 0.2) is 0 Å². The van der Waals surface area contributed by atoms with Crippen LogP contribution >= 0.6 is 0 Å². The highest BCUT2D eigenvalue weighted by atomic mass is 16.3. The number of hydrogen-bond acceptors (Lipinski definition) is 2. The number of aromatic nitrogens is 2. The molecule has 1 N–H and O–H groups in total. The maximum atomic E-state index is 11.4. The Morgan fingerprint density at radius 1 is 0.963 bits per heavy atom. The molecular formula is C24H28N2O. The second kappa shape index (κ2) is 6.79. The molecule has 2 aromatic heterocycles.